The normalized spacial score (nSPS) is 32.2. The number of nitrogens with one attached hydrogen (secondary N) is 1. The predicted molar refractivity (Wildman–Crippen MR) is 85.1 cm³/mol. The Kier molecular flexibility index (Phi) is 5.14. The fraction of sp³-hybridized carbons (Fsp3) is 1.00. The second-order valence-electron chi connectivity index (χ2n) is 8.31. The fourth-order valence-electron chi connectivity index (χ4n) is 3.61. The second-order valence-corrected chi connectivity index (χ2v) is 8.31. The molecular weight excluding hydrogens is 248 g/mol. The van der Waals surface area contributed by atoms with Gasteiger partial charge in [-0.05, 0) is 66.2 Å². The molecule has 1 N–H and O–H groups in total. The van der Waals surface area contributed by atoms with E-state index >= 15 is 0 Å². The van der Waals surface area contributed by atoms with Crippen LogP contribution in [0.5, 0.6) is 0 Å². The van der Waals surface area contributed by atoms with Gasteiger partial charge in [0.15, 0.2) is 0 Å². The maximum absolute atomic E-state index is 6.13. The van der Waals surface area contributed by atoms with Gasteiger partial charge in [-0.1, -0.05) is 0 Å². The zero-order valence-corrected chi connectivity index (χ0v) is 14.2. The lowest BCUT2D eigenvalue weighted by atomic mass is 9.85. The number of piperazine rings is 1. The third-order valence-electron chi connectivity index (χ3n) is 4.76. The van der Waals surface area contributed by atoms with Crippen LogP contribution in [0.1, 0.15) is 60.3 Å². The molecular formula is C17H34N2O. The van der Waals surface area contributed by atoms with E-state index in [4.69, 9.17) is 4.74 Å². The van der Waals surface area contributed by atoms with Gasteiger partial charge in [0.1, 0.15) is 0 Å². The number of hydrogen-bond acceptors (Lipinski definition) is 3. The molecule has 0 aromatic heterocycles. The topological polar surface area (TPSA) is 24.5 Å². The Morgan fingerprint density at radius 1 is 1.15 bits per heavy atom. The van der Waals surface area contributed by atoms with Gasteiger partial charge in [0, 0.05) is 31.7 Å². The van der Waals surface area contributed by atoms with E-state index in [0.717, 1.165) is 19.0 Å². The Balaban J connectivity index is 1.77. The van der Waals surface area contributed by atoms with Gasteiger partial charge in [-0.2, -0.15) is 0 Å². The molecule has 1 saturated heterocycles. The summed E-state index contributed by atoms with van der Waals surface area (Å²) < 4.78 is 6.13. The molecule has 20 heavy (non-hydrogen) atoms. The monoisotopic (exact) mass is 282 g/mol. The van der Waals surface area contributed by atoms with Crippen LogP contribution in [0.3, 0.4) is 0 Å². The van der Waals surface area contributed by atoms with Crippen molar-refractivity contribution in [2.45, 2.75) is 77.5 Å². The third kappa shape index (κ3) is 4.71. The van der Waals surface area contributed by atoms with Crippen LogP contribution in [-0.4, -0.2) is 48.3 Å². The lowest BCUT2D eigenvalue weighted by Crippen LogP contribution is -2.59. The maximum Gasteiger partial charge on any atom is 0.0602 e. The minimum atomic E-state index is 0.0119. The smallest absolute Gasteiger partial charge is 0.0602 e. The zero-order chi connectivity index (χ0) is 14.8. The fourth-order valence-corrected chi connectivity index (χ4v) is 3.61. The highest BCUT2D eigenvalue weighted by Gasteiger charge is 2.33. The Morgan fingerprint density at radius 3 is 2.35 bits per heavy atom. The van der Waals surface area contributed by atoms with Crippen LogP contribution in [0.15, 0.2) is 0 Å². The number of hydrogen-bond donors (Lipinski definition) is 1. The minimum absolute atomic E-state index is 0.0119. The molecule has 1 saturated carbocycles. The molecule has 1 heterocycles. The molecule has 1 aliphatic carbocycles. The van der Waals surface area contributed by atoms with Gasteiger partial charge in [-0.25, -0.2) is 0 Å². The number of nitrogens with zero attached hydrogens (tertiary/aromatic N) is 1. The molecule has 0 spiro atoms. The van der Waals surface area contributed by atoms with E-state index in [1.807, 2.05) is 0 Å². The molecule has 3 nitrogen and oxygen atoms in total. The van der Waals surface area contributed by atoms with E-state index in [1.54, 1.807) is 0 Å². The highest BCUT2D eigenvalue weighted by atomic mass is 16.5. The lowest BCUT2D eigenvalue weighted by molar-refractivity contribution is -0.0808. The minimum Gasteiger partial charge on any atom is -0.373 e. The van der Waals surface area contributed by atoms with Crippen LogP contribution in [0.4, 0.5) is 0 Å². The van der Waals surface area contributed by atoms with Gasteiger partial charge in [-0.3, -0.25) is 4.90 Å². The summed E-state index contributed by atoms with van der Waals surface area (Å²) in [6.07, 6.45) is 5.65. The molecule has 3 heteroatoms. The molecule has 2 aliphatic rings. The van der Waals surface area contributed by atoms with Crippen molar-refractivity contribution in [3.05, 3.63) is 0 Å². The molecule has 2 fully saturated rings. The molecule has 0 bridgehead atoms. The van der Waals surface area contributed by atoms with Gasteiger partial charge in [0.05, 0.1) is 11.7 Å². The van der Waals surface area contributed by atoms with Crippen molar-refractivity contribution in [2.75, 3.05) is 26.2 Å². The summed E-state index contributed by atoms with van der Waals surface area (Å²) in [6, 6.07) is 0. The predicted octanol–water partition coefficient (Wildman–Crippen LogP) is 3.04. The van der Waals surface area contributed by atoms with Gasteiger partial charge in [0.25, 0.3) is 0 Å². The quantitative estimate of drug-likeness (QED) is 0.861. The Bertz CT molecular complexity index is 301. The molecule has 0 amide bonds. The van der Waals surface area contributed by atoms with E-state index in [0.29, 0.717) is 11.6 Å². The van der Waals surface area contributed by atoms with Crippen molar-refractivity contribution in [2.24, 2.45) is 5.92 Å². The molecule has 0 aromatic carbocycles. The molecule has 0 aromatic rings. The van der Waals surface area contributed by atoms with Gasteiger partial charge < -0.3 is 10.1 Å². The first-order valence-electron chi connectivity index (χ1n) is 8.40. The van der Waals surface area contributed by atoms with Crippen LogP contribution in [0.2, 0.25) is 0 Å². The average Bonchev–Trinajstić information content (AvgIpc) is 2.32. The Hall–Kier alpha value is -0.120. The zero-order valence-electron chi connectivity index (χ0n) is 14.2. The average molecular weight is 282 g/mol. The molecule has 2 rings (SSSR count). The molecule has 1 aliphatic heterocycles. The molecule has 0 atom stereocenters. The number of ether oxygens (including phenoxy) is 1. The van der Waals surface area contributed by atoms with E-state index in [2.05, 4.69) is 44.8 Å². The summed E-state index contributed by atoms with van der Waals surface area (Å²) in [5.41, 5.74) is 0.328. The highest BCUT2D eigenvalue weighted by Crippen LogP contribution is 2.31. The van der Waals surface area contributed by atoms with Crippen molar-refractivity contribution in [3.63, 3.8) is 0 Å². The lowest BCUT2D eigenvalue weighted by Gasteiger charge is -2.45. The molecule has 0 radical (unpaired) electrons. The summed E-state index contributed by atoms with van der Waals surface area (Å²) in [5.74, 6) is 0.868. The standard InChI is InChI=1S/C17H34N2O/c1-16(2,3)20-15-8-6-14(7-9-15)12-19-11-10-18-13-17(19,4)5/h14-15,18H,6-13H2,1-5H3. The number of rotatable bonds is 3. The van der Waals surface area contributed by atoms with Crippen molar-refractivity contribution in [3.8, 4) is 0 Å². The first kappa shape index (κ1) is 16.3. The van der Waals surface area contributed by atoms with Gasteiger partial charge >= 0.3 is 0 Å². The SMILES string of the molecule is CC(C)(C)OC1CCC(CN2CCNCC2(C)C)CC1. The van der Waals surface area contributed by atoms with Crippen LogP contribution >= 0.6 is 0 Å². The van der Waals surface area contributed by atoms with Gasteiger partial charge in [-0.15, -0.1) is 0 Å². The maximum atomic E-state index is 6.13. The first-order valence-corrected chi connectivity index (χ1v) is 8.40. The van der Waals surface area contributed by atoms with Crippen LogP contribution < -0.4 is 5.32 Å². The van der Waals surface area contributed by atoms with Crippen LogP contribution in [0.25, 0.3) is 0 Å². The van der Waals surface area contributed by atoms with E-state index in [-0.39, 0.29) is 5.60 Å². The Morgan fingerprint density at radius 2 is 1.80 bits per heavy atom. The molecule has 118 valence electrons. The van der Waals surface area contributed by atoms with Crippen molar-refractivity contribution >= 4 is 0 Å². The first-order chi connectivity index (χ1) is 9.26. The second kappa shape index (κ2) is 6.33. The summed E-state index contributed by atoms with van der Waals surface area (Å²) in [7, 11) is 0. The van der Waals surface area contributed by atoms with E-state index < -0.39 is 0 Å². The molecule has 0 unspecified atom stereocenters. The van der Waals surface area contributed by atoms with Crippen LogP contribution in [-0.2, 0) is 4.74 Å². The van der Waals surface area contributed by atoms with E-state index in [1.165, 1.54) is 38.8 Å². The van der Waals surface area contributed by atoms with Crippen LogP contribution in [0, 0.1) is 5.92 Å². The summed E-state index contributed by atoms with van der Waals surface area (Å²) in [5, 5.41) is 3.51. The van der Waals surface area contributed by atoms with Crippen molar-refractivity contribution < 1.29 is 4.74 Å². The van der Waals surface area contributed by atoms with E-state index in [9.17, 15) is 0 Å². The van der Waals surface area contributed by atoms with Crippen molar-refractivity contribution in [1.82, 2.24) is 10.2 Å². The highest BCUT2D eigenvalue weighted by molar-refractivity contribution is 4.90. The summed E-state index contributed by atoms with van der Waals surface area (Å²) in [4.78, 5) is 2.69. The van der Waals surface area contributed by atoms with Crippen molar-refractivity contribution in [1.29, 1.82) is 0 Å². The summed E-state index contributed by atoms with van der Waals surface area (Å²) in [6.45, 7) is 16.0. The van der Waals surface area contributed by atoms with Gasteiger partial charge in [0.2, 0.25) is 0 Å². The third-order valence-corrected chi connectivity index (χ3v) is 4.76. The largest absolute Gasteiger partial charge is 0.373 e. The Labute approximate surface area is 125 Å². The summed E-state index contributed by atoms with van der Waals surface area (Å²) >= 11 is 0.